The van der Waals surface area contributed by atoms with Crippen molar-refractivity contribution in [3.8, 4) is 5.75 Å². The summed E-state index contributed by atoms with van der Waals surface area (Å²) in [5.74, 6) is -0.0278. The molecule has 6 heteroatoms. The van der Waals surface area contributed by atoms with Gasteiger partial charge in [-0.3, -0.25) is 5.43 Å². The normalized spacial score (nSPS) is 10.8. The molecule has 0 aliphatic rings. The molecule has 0 bridgehead atoms. The Labute approximate surface area is 156 Å². The van der Waals surface area contributed by atoms with Gasteiger partial charge in [-0.05, 0) is 48.1 Å². The third-order valence-corrected chi connectivity index (χ3v) is 3.88. The van der Waals surface area contributed by atoms with E-state index in [2.05, 4.69) is 10.5 Å². The molecular formula is C20H17N3O2S. The molecule has 0 amide bonds. The van der Waals surface area contributed by atoms with Crippen molar-refractivity contribution in [2.45, 2.75) is 6.92 Å². The molecule has 0 heterocycles. The maximum absolute atomic E-state index is 12.5. The van der Waals surface area contributed by atoms with E-state index in [-0.39, 0.29) is 5.11 Å². The van der Waals surface area contributed by atoms with Crippen molar-refractivity contribution >= 4 is 40.3 Å². The average molecular weight is 363 g/mol. The first-order chi connectivity index (χ1) is 12.5. The molecule has 0 spiro atoms. The number of rotatable bonds is 4. The summed E-state index contributed by atoms with van der Waals surface area (Å²) in [5, 5.41) is 5.96. The lowest BCUT2D eigenvalue weighted by molar-refractivity contribution is 0.0735. The van der Waals surface area contributed by atoms with Crippen LogP contribution in [0.2, 0.25) is 0 Å². The Kier molecular flexibility index (Phi) is 5.24. The van der Waals surface area contributed by atoms with Gasteiger partial charge >= 0.3 is 5.97 Å². The van der Waals surface area contributed by atoms with Crippen LogP contribution in [0.4, 0.5) is 0 Å². The Morgan fingerprint density at radius 1 is 1.12 bits per heavy atom. The van der Waals surface area contributed by atoms with Gasteiger partial charge in [0.1, 0.15) is 5.75 Å². The topological polar surface area (TPSA) is 76.7 Å². The molecule has 0 aliphatic heterocycles. The SMILES string of the molecule is Cc1ccc(C(=O)Oc2ccc3ccccc3c2/C=N\NC(N)=S)cc1. The van der Waals surface area contributed by atoms with E-state index in [1.54, 1.807) is 24.4 Å². The van der Waals surface area contributed by atoms with Gasteiger partial charge in [-0.2, -0.15) is 5.10 Å². The van der Waals surface area contributed by atoms with Crippen molar-refractivity contribution in [3.05, 3.63) is 77.4 Å². The van der Waals surface area contributed by atoms with E-state index in [0.717, 1.165) is 16.3 Å². The smallest absolute Gasteiger partial charge is 0.343 e. The summed E-state index contributed by atoms with van der Waals surface area (Å²) in [4.78, 5) is 12.5. The minimum Gasteiger partial charge on any atom is -0.422 e. The highest BCUT2D eigenvalue weighted by Gasteiger charge is 2.13. The second kappa shape index (κ2) is 7.76. The van der Waals surface area contributed by atoms with Crippen LogP contribution >= 0.6 is 12.2 Å². The first-order valence-corrected chi connectivity index (χ1v) is 8.34. The number of carbonyl (C=O) groups excluding carboxylic acids is 1. The third-order valence-electron chi connectivity index (χ3n) is 3.79. The van der Waals surface area contributed by atoms with Crippen LogP contribution in [0.25, 0.3) is 10.8 Å². The molecule has 130 valence electrons. The molecule has 0 saturated heterocycles. The number of esters is 1. The molecule has 0 fully saturated rings. The highest BCUT2D eigenvalue weighted by atomic mass is 32.1. The summed E-state index contributed by atoms with van der Waals surface area (Å²) < 4.78 is 5.62. The number of hydrazone groups is 1. The maximum Gasteiger partial charge on any atom is 0.343 e. The standard InChI is InChI=1S/C20H17N3O2S/c1-13-6-8-15(9-7-13)19(24)25-18-11-10-14-4-2-3-5-16(14)17(18)12-22-23-20(21)26/h2-12H,1H3,(H3,21,23,26)/b22-12-. The number of fused-ring (bicyclic) bond motifs is 1. The summed E-state index contributed by atoms with van der Waals surface area (Å²) >= 11 is 4.75. The highest BCUT2D eigenvalue weighted by molar-refractivity contribution is 7.80. The number of ether oxygens (including phenoxy) is 1. The van der Waals surface area contributed by atoms with Crippen LogP contribution in [0, 0.1) is 6.92 Å². The van der Waals surface area contributed by atoms with Crippen LogP contribution in [0.1, 0.15) is 21.5 Å². The molecule has 26 heavy (non-hydrogen) atoms. The molecular weight excluding hydrogens is 346 g/mol. The Morgan fingerprint density at radius 3 is 2.58 bits per heavy atom. The number of hydrogen-bond acceptors (Lipinski definition) is 4. The molecule has 0 radical (unpaired) electrons. The molecule has 3 N–H and O–H groups in total. The minimum absolute atomic E-state index is 0.0553. The predicted octanol–water partition coefficient (Wildman–Crippen LogP) is 3.53. The highest BCUT2D eigenvalue weighted by Crippen LogP contribution is 2.27. The first kappa shape index (κ1) is 17.6. The fourth-order valence-electron chi connectivity index (χ4n) is 2.51. The van der Waals surface area contributed by atoms with E-state index in [1.165, 1.54) is 0 Å². The number of benzene rings is 3. The molecule has 3 aromatic carbocycles. The zero-order valence-electron chi connectivity index (χ0n) is 14.1. The van der Waals surface area contributed by atoms with Gasteiger partial charge in [-0.15, -0.1) is 0 Å². The lowest BCUT2D eigenvalue weighted by atomic mass is 10.0. The van der Waals surface area contributed by atoms with Crippen molar-refractivity contribution in [1.29, 1.82) is 0 Å². The molecule has 3 aromatic rings. The van der Waals surface area contributed by atoms with Crippen molar-refractivity contribution in [3.63, 3.8) is 0 Å². The Hall–Kier alpha value is -3.25. The number of nitrogens with two attached hydrogens (primary N) is 1. The van der Waals surface area contributed by atoms with Crippen LogP contribution in [0.15, 0.2) is 65.8 Å². The molecule has 0 aliphatic carbocycles. The maximum atomic E-state index is 12.5. The number of aryl methyl sites for hydroxylation is 1. The molecule has 5 nitrogen and oxygen atoms in total. The summed E-state index contributed by atoms with van der Waals surface area (Å²) in [6.07, 6.45) is 1.54. The summed E-state index contributed by atoms with van der Waals surface area (Å²) in [6.45, 7) is 1.96. The Balaban J connectivity index is 1.98. The lowest BCUT2D eigenvalue weighted by Gasteiger charge is -2.10. The lowest BCUT2D eigenvalue weighted by Crippen LogP contribution is -2.24. The van der Waals surface area contributed by atoms with Crippen LogP contribution in [0.3, 0.4) is 0 Å². The number of thiocarbonyl (C=S) groups is 1. The van der Waals surface area contributed by atoms with Gasteiger partial charge in [0, 0.05) is 5.56 Å². The second-order valence-electron chi connectivity index (χ2n) is 5.69. The summed E-state index contributed by atoms with van der Waals surface area (Å²) in [6, 6.07) is 18.6. The predicted molar refractivity (Wildman–Crippen MR) is 108 cm³/mol. The van der Waals surface area contributed by atoms with E-state index in [1.807, 2.05) is 49.4 Å². The third kappa shape index (κ3) is 4.04. The van der Waals surface area contributed by atoms with E-state index in [9.17, 15) is 4.79 Å². The Bertz CT molecular complexity index is 998. The largest absolute Gasteiger partial charge is 0.422 e. The van der Waals surface area contributed by atoms with E-state index in [4.69, 9.17) is 22.7 Å². The number of carbonyl (C=O) groups is 1. The fourth-order valence-corrected chi connectivity index (χ4v) is 2.56. The van der Waals surface area contributed by atoms with E-state index in [0.29, 0.717) is 16.9 Å². The minimum atomic E-state index is -0.433. The zero-order valence-corrected chi connectivity index (χ0v) is 14.9. The fraction of sp³-hybridized carbons (Fsp3) is 0.0500. The quantitative estimate of drug-likeness (QED) is 0.244. The summed E-state index contributed by atoms with van der Waals surface area (Å²) in [5.41, 5.74) is 10.1. The summed E-state index contributed by atoms with van der Waals surface area (Å²) in [7, 11) is 0. The molecule has 0 saturated carbocycles. The average Bonchev–Trinajstić information content (AvgIpc) is 2.63. The van der Waals surface area contributed by atoms with E-state index < -0.39 is 5.97 Å². The van der Waals surface area contributed by atoms with Crippen molar-refractivity contribution in [1.82, 2.24) is 5.43 Å². The first-order valence-electron chi connectivity index (χ1n) is 7.94. The zero-order chi connectivity index (χ0) is 18.5. The van der Waals surface area contributed by atoms with Crippen molar-refractivity contribution in [2.75, 3.05) is 0 Å². The van der Waals surface area contributed by atoms with Gasteiger partial charge < -0.3 is 10.5 Å². The van der Waals surface area contributed by atoms with Crippen molar-refractivity contribution in [2.24, 2.45) is 10.8 Å². The number of hydrogen-bond donors (Lipinski definition) is 2. The van der Waals surface area contributed by atoms with Crippen LogP contribution in [-0.4, -0.2) is 17.3 Å². The molecule has 0 atom stereocenters. The van der Waals surface area contributed by atoms with Crippen molar-refractivity contribution < 1.29 is 9.53 Å². The molecule has 3 rings (SSSR count). The second-order valence-corrected chi connectivity index (χ2v) is 6.13. The van der Waals surface area contributed by atoms with Gasteiger partial charge in [0.05, 0.1) is 11.8 Å². The van der Waals surface area contributed by atoms with Crippen LogP contribution < -0.4 is 15.9 Å². The van der Waals surface area contributed by atoms with Gasteiger partial charge in [0.15, 0.2) is 5.11 Å². The monoisotopic (exact) mass is 363 g/mol. The number of nitrogens with one attached hydrogen (secondary N) is 1. The van der Waals surface area contributed by atoms with E-state index >= 15 is 0 Å². The van der Waals surface area contributed by atoms with Crippen LogP contribution in [0.5, 0.6) is 5.75 Å². The van der Waals surface area contributed by atoms with Gasteiger partial charge in [-0.25, -0.2) is 4.79 Å². The van der Waals surface area contributed by atoms with Gasteiger partial charge in [0.2, 0.25) is 0 Å². The molecule has 0 aromatic heterocycles. The van der Waals surface area contributed by atoms with Gasteiger partial charge in [0.25, 0.3) is 0 Å². The molecule has 0 unspecified atom stereocenters. The van der Waals surface area contributed by atoms with Gasteiger partial charge in [-0.1, -0.05) is 48.0 Å². The van der Waals surface area contributed by atoms with Crippen LogP contribution in [-0.2, 0) is 0 Å². The Morgan fingerprint density at radius 2 is 1.85 bits per heavy atom. The number of nitrogens with zero attached hydrogens (tertiary/aromatic N) is 1.